The summed E-state index contributed by atoms with van der Waals surface area (Å²) in [5.41, 5.74) is 6.10. The van der Waals surface area contributed by atoms with Crippen molar-refractivity contribution >= 4 is 36.0 Å². The third-order valence-corrected chi connectivity index (χ3v) is 1.98. The first-order valence-electron chi connectivity index (χ1n) is 6.24. The predicted octanol–water partition coefficient (Wildman–Crippen LogP) is 1.95. The Morgan fingerprint density at radius 3 is 2.45 bits per heavy atom. The first-order valence-corrected chi connectivity index (χ1v) is 6.24. The average Bonchev–Trinajstić information content (AvgIpc) is 2.23. The number of rotatable bonds is 5. The lowest BCUT2D eigenvalue weighted by molar-refractivity contribution is 0.0302. The molecule has 0 aliphatic heterocycles. The predicted molar refractivity (Wildman–Crippen MR) is 93.6 cm³/mol. The number of aliphatic imine (C=N–C) groups is 1. The number of guanidine groups is 1. The second kappa shape index (κ2) is 9.84. The molecule has 7 heteroatoms. The van der Waals surface area contributed by atoms with Crippen LogP contribution in [0, 0.1) is 0 Å². The van der Waals surface area contributed by atoms with Crippen molar-refractivity contribution in [3.05, 3.63) is 12.2 Å². The third kappa shape index (κ3) is 12.1. The van der Waals surface area contributed by atoms with Crippen LogP contribution in [0.3, 0.4) is 0 Å². The van der Waals surface area contributed by atoms with E-state index in [-0.39, 0.29) is 30.1 Å². The van der Waals surface area contributed by atoms with E-state index in [1.807, 2.05) is 27.7 Å². The number of hydrogen-bond acceptors (Lipinski definition) is 3. The zero-order valence-electron chi connectivity index (χ0n) is 13.0. The van der Waals surface area contributed by atoms with Gasteiger partial charge in [0.05, 0.1) is 6.54 Å². The van der Waals surface area contributed by atoms with Crippen molar-refractivity contribution in [3.8, 4) is 0 Å². The summed E-state index contributed by atoms with van der Waals surface area (Å²) in [5, 5.41) is 2.92. The van der Waals surface area contributed by atoms with Gasteiger partial charge in [0.2, 0.25) is 0 Å². The zero-order valence-corrected chi connectivity index (χ0v) is 15.4. The highest BCUT2D eigenvalue weighted by Gasteiger charge is 2.19. The summed E-state index contributed by atoms with van der Waals surface area (Å²) in [4.78, 5) is 17.2. The number of carbonyl (C=O) groups excluding carboxylic acids is 1. The molecule has 0 saturated carbocycles. The Hall–Kier alpha value is -0.990. The van der Waals surface area contributed by atoms with Crippen molar-refractivity contribution in [2.45, 2.75) is 33.3 Å². The topological polar surface area (TPSA) is 80.0 Å². The second-order valence-electron chi connectivity index (χ2n) is 5.49. The smallest absolute Gasteiger partial charge is 0.410 e. The minimum absolute atomic E-state index is 0. The number of halogens is 1. The highest BCUT2D eigenvalue weighted by Crippen LogP contribution is 2.08. The molecule has 1 amide bonds. The summed E-state index contributed by atoms with van der Waals surface area (Å²) in [6, 6.07) is 0. The van der Waals surface area contributed by atoms with E-state index in [0.717, 1.165) is 5.57 Å². The Labute approximate surface area is 138 Å². The number of ether oxygens (including phenoxy) is 1. The zero-order chi connectivity index (χ0) is 15.1. The van der Waals surface area contributed by atoms with Crippen LogP contribution >= 0.6 is 24.0 Å². The summed E-state index contributed by atoms with van der Waals surface area (Å²) in [6.45, 7) is 12.6. The largest absolute Gasteiger partial charge is 0.444 e. The molecular weight excluding hydrogens is 371 g/mol. The fourth-order valence-corrected chi connectivity index (χ4v) is 1.06. The molecule has 0 aromatic rings. The number of nitrogens with two attached hydrogens (primary N) is 1. The summed E-state index contributed by atoms with van der Waals surface area (Å²) >= 11 is 0. The molecule has 0 fully saturated rings. The number of likely N-dealkylation sites (N-methyl/N-ethyl adjacent to an activating group) is 1. The molecule has 0 heterocycles. The third-order valence-electron chi connectivity index (χ3n) is 1.98. The minimum atomic E-state index is -0.485. The average molecular weight is 398 g/mol. The summed E-state index contributed by atoms with van der Waals surface area (Å²) < 4.78 is 5.22. The van der Waals surface area contributed by atoms with Crippen LogP contribution < -0.4 is 11.1 Å². The van der Waals surface area contributed by atoms with Gasteiger partial charge in [0.15, 0.2) is 5.96 Å². The Bertz CT molecular complexity index is 351. The number of hydrogen-bond donors (Lipinski definition) is 2. The standard InChI is InChI=1S/C13H26N4O2.HI/c1-10(2)9-16-11(14)15-7-8-17(6)12(18)19-13(3,4)5;/h1,7-9H2,2-6H3,(H3,14,15,16);1H. The van der Waals surface area contributed by atoms with E-state index in [9.17, 15) is 4.79 Å². The van der Waals surface area contributed by atoms with Gasteiger partial charge in [0.25, 0.3) is 0 Å². The fourth-order valence-electron chi connectivity index (χ4n) is 1.06. The van der Waals surface area contributed by atoms with Gasteiger partial charge in [-0.1, -0.05) is 12.2 Å². The van der Waals surface area contributed by atoms with Crippen LogP contribution in [0.4, 0.5) is 4.79 Å². The molecule has 0 aliphatic carbocycles. The van der Waals surface area contributed by atoms with Crippen molar-refractivity contribution in [3.63, 3.8) is 0 Å². The molecule has 0 atom stereocenters. The van der Waals surface area contributed by atoms with Crippen LogP contribution in [0.25, 0.3) is 0 Å². The molecule has 0 aromatic heterocycles. The molecule has 0 bridgehead atoms. The molecule has 0 rings (SSSR count). The first-order chi connectivity index (χ1) is 8.61. The number of carbonyl (C=O) groups is 1. The Kier molecular flexibility index (Phi) is 10.5. The Morgan fingerprint density at radius 1 is 1.45 bits per heavy atom. The van der Waals surface area contributed by atoms with Crippen LogP contribution in [0.15, 0.2) is 17.1 Å². The van der Waals surface area contributed by atoms with Gasteiger partial charge >= 0.3 is 6.09 Å². The first kappa shape index (κ1) is 21.3. The van der Waals surface area contributed by atoms with Crippen molar-refractivity contribution in [2.24, 2.45) is 10.7 Å². The van der Waals surface area contributed by atoms with Crippen molar-refractivity contribution in [1.29, 1.82) is 0 Å². The van der Waals surface area contributed by atoms with Gasteiger partial charge in [0.1, 0.15) is 5.60 Å². The molecule has 0 aromatic carbocycles. The van der Waals surface area contributed by atoms with Gasteiger partial charge in [-0.05, 0) is 27.7 Å². The van der Waals surface area contributed by atoms with E-state index in [1.54, 1.807) is 7.05 Å². The van der Waals surface area contributed by atoms with Gasteiger partial charge in [-0.25, -0.2) is 9.79 Å². The maximum Gasteiger partial charge on any atom is 0.410 e. The maximum absolute atomic E-state index is 11.7. The lowest BCUT2D eigenvalue weighted by Gasteiger charge is -2.24. The molecular formula is C13H27IN4O2. The molecule has 0 unspecified atom stereocenters. The Morgan fingerprint density at radius 2 is 2.00 bits per heavy atom. The molecule has 0 radical (unpaired) electrons. The van der Waals surface area contributed by atoms with Gasteiger partial charge in [0, 0.05) is 20.1 Å². The minimum Gasteiger partial charge on any atom is -0.444 e. The maximum atomic E-state index is 11.7. The molecule has 0 spiro atoms. The van der Waals surface area contributed by atoms with E-state index in [2.05, 4.69) is 16.9 Å². The molecule has 118 valence electrons. The highest BCUT2D eigenvalue weighted by atomic mass is 127. The van der Waals surface area contributed by atoms with Gasteiger partial charge in [-0.15, -0.1) is 24.0 Å². The van der Waals surface area contributed by atoms with Crippen molar-refractivity contribution in [1.82, 2.24) is 10.2 Å². The van der Waals surface area contributed by atoms with Crippen LogP contribution in [0.2, 0.25) is 0 Å². The lowest BCUT2D eigenvalue weighted by Crippen LogP contribution is -2.41. The van der Waals surface area contributed by atoms with Gasteiger partial charge in [-0.3, -0.25) is 0 Å². The Balaban J connectivity index is 0. The van der Waals surface area contributed by atoms with Crippen LogP contribution in [-0.2, 0) is 4.74 Å². The number of amides is 1. The fraction of sp³-hybridized carbons (Fsp3) is 0.692. The quantitative estimate of drug-likeness (QED) is 0.321. The van der Waals surface area contributed by atoms with Gasteiger partial charge in [-0.2, -0.15) is 0 Å². The molecule has 6 nitrogen and oxygen atoms in total. The summed E-state index contributed by atoms with van der Waals surface area (Å²) in [5.74, 6) is 0.348. The SMILES string of the molecule is C=C(C)CN=C(N)NCCN(C)C(=O)OC(C)(C)C.I. The lowest BCUT2D eigenvalue weighted by atomic mass is 10.2. The molecule has 0 saturated heterocycles. The van der Waals surface area contributed by atoms with E-state index >= 15 is 0 Å². The number of nitrogens with zero attached hydrogens (tertiary/aromatic N) is 2. The van der Waals surface area contributed by atoms with Crippen molar-refractivity contribution in [2.75, 3.05) is 26.7 Å². The van der Waals surface area contributed by atoms with Crippen LogP contribution in [0.5, 0.6) is 0 Å². The van der Waals surface area contributed by atoms with E-state index < -0.39 is 5.60 Å². The van der Waals surface area contributed by atoms with Crippen molar-refractivity contribution < 1.29 is 9.53 Å². The highest BCUT2D eigenvalue weighted by molar-refractivity contribution is 14.0. The monoisotopic (exact) mass is 398 g/mol. The van der Waals surface area contributed by atoms with Crippen LogP contribution in [0.1, 0.15) is 27.7 Å². The van der Waals surface area contributed by atoms with E-state index in [1.165, 1.54) is 4.90 Å². The summed E-state index contributed by atoms with van der Waals surface area (Å²) in [7, 11) is 1.68. The second-order valence-corrected chi connectivity index (χ2v) is 5.49. The molecule has 0 aliphatic rings. The van der Waals surface area contributed by atoms with Crippen LogP contribution in [-0.4, -0.2) is 49.2 Å². The molecule has 3 N–H and O–H groups in total. The summed E-state index contributed by atoms with van der Waals surface area (Å²) in [6.07, 6.45) is -0.355. The molecule has 20 heavy (non-hydrogen) atoms. The van der Waals surface area contributed by atoms with E-state index in [4.69, 9.17) is 10.5 Å². The normalized spacial score (nSPS) is 11.3. The number of nitrogens with one attached hydrogen (secondary N) is 1. The van der Waals surface area contributed by atoms with Gasteiger partial charge < -0.3 is 20.7 Å². The van der Waals surface area contributed by atoms with E-state index in [0.29, 0.717) is 25.6 Å².